The Morgan fingerprint density at radius 2 is 1.94 bits per heavy atom. The third kappa shape index (κ3) is 6.49. The van der Waals surface area contributed by atoms with Gasteiger partial charge < -0.3 is 30.8 Å². The maximum absolute atomic E-state index is 12.8. The normalized spacial score (nSPS) is 12.3. The molecule has 0 radical (unpaired) electrons. The van der Waals surface area contributed by atoms with Crippen molar-refractivity contribution in [1.82, 2.24) is 35.2 Å². The second kappa shape index (κ2) is 10.4. The number of nitrogens with two attached hydrogens (primary N) is 1. The number of aromatic nitrogens is 6. The van der Waals surface area contributed by atoms with Gasteiger partial charge in [0, 0.05) is 24.2 Å². The van der Waals surface area contributed by atoms with Gasteiger partial charge in [0.1, 0.15) is 17.2 Å². The molecule has 1 amide bonds. The first-order chi connectivity index (χ1) is 16.5. The molecule has 0 aliphatic heterocycles. The van der Waals surface area contributed by atoms with E-state index in [9.17, 15) is 13.6 Å². The van der Waals surface area contributed by atoms with Crippen LogP contribution in [-0.4, -0.2) is 62.3 Å². The number of imidazole rings is 1. The van der Waals surface area contributed by atoms with E-state index in [1.165, 1.54) is 13.3 Å². The first kappa shape index (κ1) is 25.5. The number of carbonyl (C=O) groups excluding carboxylic acids is 1. The molecular formula is C21H27F2N9O3. The Labute approximate surface area is 200 Å². The third-order valence-corrected chi connectivity index (χ3v) is 4.65. The number of nitrogens with zero attached hydrogens (tertiary/aromatic N) is 5. The van der Waals surface area contributed by atoms with Crippen LogP contribution in [0, 0.1) is 0 Å². The summed E-state index contributed by atoms with van der Waals surface area (Å²) in [5.41, 5.74) is 6.69. The van der Waals surface area contributed by atoms with Gasteiger partial charge in [-0.15, -0.1) is 0 Å². The van der Waals surface area contributed by atoms with Gasteiger partial charge in [-0.1, -0.05) is 20.8 Å². The highest BCUT2D eigenvalue weighted by Crippen LogP contribution is 2.33. The number of anilines is 2. The molecule has 0 fully saturated rings. The van der Waals surface area contributed by atoms with E-state index in [1.54, 1.807) is 19.2 Å². The van der Waals surface area contributed by atoms with Gasteiger partial charge in [-0.25, -0.2) is 29.7 Å². The number of amides is 1. The molecule has 0 aliphatic carbocycles. The van der Waals surface area contributed by atoms with Crippen LogP contribution in [0.5, 0.6) is 5.88 Å². The van der Waals surface area contributed by atoms with Crippen LogP contribution in [0.25, 0.3) is 22.8 Å². The van der Waals surface area contributed by atoms with E-state index in [0.717, 1.165) is 0 Å². The highest BCUT2D eigenvalue weighted by atomic mass is 19.3. The average molecular weight is 492 g/mol. The first-order valence-electron chi connectivity index (χ1n) is 10.6. The summed E-state index contributed by atoms with van der Waals surface area (Å²) in [4.78, 5) is 36.0. The van der Waals surface area contributed by atoms with E-state index in [-0.39, 0.29) is 23.0 Å². The topological polar surface area (TPSA) is 166 Å². The van der Waals surface area contributed by atoms with E-state index in [0.29, 0.717) is 35.4 Å². The number of nitrogens with one attached hydrogen (secondary N) is 3. The van der Waals surface area contributed by atoms with E-state index in [2.05, 4.69) is 50.0 Å². The van der Waals surface area contributed by atoms with Crippen molar-refractivity contribution in [3.8, 4) is 28.7 Å². The molecule has 0 saturated heterocycles. The zero-order chi connectivity index (χ0) is 25.8. The van der Waals surface area contributed by atoms with Crippen LogP contribution in [-0.2, 0) is 10.2 Å². The predicted molar refractivity (Wildman–Crippen MR) is 124 cm³/mol. The summed E-state index contributed by atoms with van der Waals surface area (Å²) in [6.07, 6.45) is 2.32. The van der Waals surface area contributed by atoms with Gasteiger partial charge in [0.15, 0.2) is 5.82 Å². The number of rotatable bonds is 8. The Balaban J connectivity index is 1.98. The highest BCUT2D eigenvalue weighted by molar-refractivity contribution is 5.75. The number of H-pyrrole nitrogens is 1. The van der Waals surface area contributed by atoms with Crippen LogP contribution in [0.2, 0.25) is 0 Å². The maximum atomic E-state index is 12.8. The summed E-state index contributed by atoms with van der Waals surface area (Å²) in [7, 11) is 1.28. The monoisotopic (exact) mass is 491 g/mol. The second-order valence-corrected chi connectivity index (χ2v) is 8.57. The number of carbonyl (C=O) groups is 1. The Morgan fingerprint density at radius 1 is 1.20 bits per heavy atom. The number of hydrogen-bond donors (Lipinski definition) is 4. The fraction of sp³-hybridized carbons (Fsp3) is 0.429. The molecule has 3 heterocycles. The minimum Gasteiger partial charge on any atom is -0.453 e. The van der Waals surface area contributed by atoms with Gasteiger partial charge in [-0.2, -0.15) is 8.78 Å². The fourth-order valence-corrected chi connectivity index (χ4v) is 2.90. The van der Waals surface area contributed by atoms with Crippen LogP contribution < -0.4 is 21.1 Å². The van der Waals surface area contributed by atoms with E-state index in [4.69, 9.17) is 5.73 Å². The first-order valence-corrected chi connectivity index (χ1v) is 10.6. The molecule has 0 unspecified atom stereocenters. The molecule has 5 N–H and O–H groups in total. The molecule has 0 saturated carbocycles. The lowest BCUT2D eigenvalue weighted by Gasteiger charge is -2.14. The summed E-state index contributed by atoms with van der Waals surface area (Å²) < 4.78 is 34.5. The van der Waals surface area contributed by atoms with Gasteiger partial charge in [0.25, 0.3) is 5.88 Å². The molecule has 0 bridgehead atoms. The SMILES string of the molecule is COC(=O)N[C@@H](C)CNc1nccc(-c2[nH]c(C(C)(C)C)nc2-c2cnc(N)c(OC(F)F)n2)n1. The van der Waals surface area contributed by atoms with Crippen molar-refractivity contribution >= 4 is 17.9 Å². The van der Waals surface area contributed by atoms with Crippen LogP contribution >= 0.6 is 0 Å². The zero-order valence-electron chi connectivity index (χ0n) is 19.9. The summed E-state index contributed by atoms with van der Waals surface area (Å²) in [6.45, 7) is 4.89. The summed E-state index contributed by atoms with van der Waals surface area (Å²) in [5.74, 6) is 0.136. The summed E-state index contributed by atoms with van der Waals surface area (Å²) in [5, 5.41) is 5.68. The number of halogens is 2. The molecule has 0 spiro atoms. The van der Waals surface area contributed by atoms with E-state index in [1.807, 2.05) is 20.8 Å². The number of hydrogen-bond acceptors (Lipinski definition) is 10. The minimum absolute atomic E-state index is 0.167. The largest absolute Gasteiger partial charge is 0.453 e. The fourth-order valence-electron chi connectivity index (χ4n) is 2.90. The van der Waals surface area contributed by atoms with Crippen molar-refractivity contribution in [3.63, 3.8) is 0 Å². The van der Waals surface area contributed by atoms with E-state index < -0.39 is 18.6 Å². The van der Waals surface area contributed by atoms with Crippen molar-refractivity contribution in [3.05, 3.63) is 24.3 Å². The standard InChI is InChI=1S/C21H27F2N9O3/c1-10(28-20(33)34-5)8-27-19-25-7-6-11(30-19)13-14(32-17(31-13)21(2,3)4)12-9-26-15(24)16(29-12)35-18(22)23/h6-7,9-10,18H,8H2,1-5H3,(H2,24,26)(H,28,33)(H,31,32)(H,25,27,30)/t10-/m0/s1. The quantitative estimate of drug-likeness (QED) is 0.368. The molecule has 35 heavy (non-hydrogen) atoms. The Morgan fingerprint density at radius 3 is 2.60 bits per heavy atom. The lowest BCUT2D eigenvalue weighted by molar-refractivity contribution is -0.0524. The molecule has 0 aromatic carbocycles. The van der Waals surface area contributed by atoms with Gasteiger partial charge in [-0.3, -0.25) is 0 Å². The minimum atomic E-state index is -3.11. The predicted octanol–water partition coefficient (Wildman–Crippen LogP) is 2.96. The second-order valence-electron chi connectivity index (χ2n) is 8.57. The van der Waals surface area contributed by atoms with Crippen molar-refractivity contribution in [1.29, 1.82) is 0 Å². The van der Waals surface area contributed by atoms with Gasteiger partial charge in [0.2, 0.25) is 5.95 Å². The summed E-state index contributed by atoms with van der Waals surface area (Å²) >= 11 is 0. The Kier molecular flexibility index (Phi) is 7.62. The molecule has 0 aliphatic rings. The molecule has 3 rings (SSSR count). The highest BCUT2D eigenvalue weighted by Gasteiger charge is 2.25. The van der Waals surface area contributed by atoms with Crippen LogP contribution in [0.3, 0.4) is 0 Å². The lowest BCUT2D eigenvalue weighted by Crippen LogP contribution is -2.37. The molecule has 188 valence electrons. The zero-order valence-corrected chi connectivity index (χ0v) is 19.9. The summed E-state index contributed by atoms with van der Waals surface area (Å²) in [6, 6.07) is 1.40. The Hall–Kier alpha value is -4.10. The molecule has 3 aromatic rings. The average Bonchev–Trinajstić information content (AvgIpc) is 3.25. The van der Waals surface area contributed by atoms with Crippen molar-refractivity contribution in [2.75, 3.05) is 24.7 Å². The van der Waals surface area contributed by atoms with Crippen molar-refractivity contribution < 1.29 is 23.0 Å². The number of aromatic amines is 1. The van der Waals surface area contributed by atoms with E-state index >= 15 is 0 Å². The molecular weight excluding hydrogens is 464 g/mol. The van der Waals surface area contributed by atoms with Gasteiger partial charge in [0.05, 0.1) is 24.7 Å². The Bertz CT molecular complexity index is 1180. The number of ether oxygens (including phenoxy) is 2. The van der Waals surface area contributed by atoms with Crippen molar-refractivity contribution in [2.24, 2.45) is 0 Å². The molecule has 3 aromatic heterocycles. The number of methoxy groups -OCH3 is 1. The maximum Gasteiger partial charge on any atom is 0.407 e. The smallest absolute Gasteiger partial charge is 0.407 e. The van der Waals surface area contributed by atoms with Crippen LogP contribution in [0.4, 0.5) is 25.3 Å². The van der Waals surface area contributed by atoms with Gasteiger partial charge in [-0.05, 0) is 13.0 Å². The number of alkyl halides is 2. The lowest BCUT2D eigenvalue weighted by atomic mass is 9.96. The molecule has 1 atom stereocenters. The van der Waals surface area contributed by atoms with Crippen LogP contribution in [0.1, 0.15) is 33.5 Å². The number of alkyl carbamates (subject to hydrolysis) is 1. The molecule has 12 nitrogen and oxygen atoms in total. The van der Waals surface area contributed by atoms with Crippen LogP contribution in [0.15, 0.2) is 18.5 Å². The van der Waals surface area contributed by atoms with Gasteiger partial charge >= 0.3 is 12.7 Å². The third-order valence-electron chi connectivity index (χ3n) is 4.65. The number of nitrogen functional groups attached to an aromatic ring is 1. The van der Waals surface area contributed by atoms with Crippen molar-refractivity contribution in [2.45, 2.75) is 45.8 Å². The molecule has 14 heteroatoms.